The number of hydrogen-bond acceptors (Lipinski definition) is 8. The largest absolute Gasteiger partial charge is 0.481 e. The van der Waals surface area contributed by atoms with E-state index >= 15 is 0 Å². The van der Waals surface area contributed by atoms with Crippen LogP contribution in [0.5, 0.6) is 5.88 Å². The molecule has 0 aromatic carbocycles. The van der Waals surface area contributed by atoms with Gasteiger partial charge in [0.15, 0.2) is 15.1 Å². The fourth-order valence-electron chi connectivity index (χ4n) is 1.99. The second-order valence-corrected chi connectivity index (χ2v) is 8.20. The summed E-state index contributed by atoms with van der Waals surface area (Å²) in [6, 6.07) is 3.81. The van der Waals surface area contributed by atoms with Crippen molar-refractivity contribution < 1.29 is 4.74 Å². The van der Waals surface area contributed by atoms with E-state index in [-0.39, 0.29) is 9.70 Å². The summed E-state index contributed by atoms with van der Waals surface area (Å²) >= 11 is 0. The molecule has 122 valence electrons. The Morgan fingerprint density at radius 2 is 2.22 bits per heavy atom. The van der Waals surface area contributed by atoms with E-state index in [1.54, 1.807) is 17.9 Å². The Morgan fingerprint density at radius 1 is 1.35 bits per heavy atom. The van der Waals surface area contributed by atoms with Crippen molar-refractivity contribution in [2.75, 3.05) is 27.7 Å². The Balaban J connectivity index is 1.73. The zero-order valence-electron chi connectivity index (χ0n) is 13.2. The van der Waals surface area contributed by atoms with E-state index in [9.17, 15) is 0 Å². The molecule has 8 nitrogen and oxygen atoms in total. The summed E-state index contributed by atoms with van der Waals surface area (Å²) in [4.78, 5) is 6.50. The van der Waals surface area contributed by atoms with Crippen LogP contribution in [-0.2, 0) is 6.54 Å². The number of aromatic nitrogens is 6. The van der Waals surface area contributed by atoms with E-state index < -0.39 is 0 Å². The molecule has 3 heterocycles. The Hall–Kier alpha value is -1.78. The van der Waals surface area contributed by atoms with Crippen LogP contribution in [0.25, 0.3) is 11.0 Å². The number of ether oxygens (including phenoxy) is 1. The molecule has 3 aromatic heterocycles. The van der Waals surface area contributed by atoms with Gasteiger partial charge in [-0.05, 0) is 47.9 Å². The molecule has 23 heavy (non-hydrogen) atoms. The summed E-state index contributed by atoms with van der Waals surface area (Å²) in [5.74, 6) is 0.574. The number of fused-ring (bicyclic) bond motifs is 1. The second kappa shape index (κ2) is 7.20. The molecule has 1 unspecified atom stereocenters. The molecule has 0 aliphatic carbocycles. The highest BCUT2D eigenvalue weighted by Crippen LogP contribution is 2.38. The molecule has 0 saturated heterocycles. The second-order valence-electron chi connectivity index (χ2n) is 5.18. The third kappa shape index (κ3) is 3.95. The van der Waals surface area contributed by atoms with Crippen LogP contribution in [0.3, 0.4) is 0 Å². The van der Waals surface area contributed by atoms with Crippen LogP contribution < -0.4 is 4.74 Å². The highest BCUT2D eigenvalue weighted by Gasteiger charge is 2.21. The average Bonchev–Trinajstić information content (AvgIpc) is 3.12. The topological polar surface area (TPSA) is 81.9 Å². The van der Waals surface area contributed by atoms with E-state index in [0.29, 0.717) is 11.5 Å². The maximum atomic E-state index is 5.13. The molecule has 0 amide bonds. The molecular weight excluding hydrogens is 334 g/mol. The number of pyridine rings is 1. The molecule has 0 bridgehead atoms. The van der Waals surface area contributed by atoms with Crippen molar-refractivity contribution in [1.29, 1.82) is 0 Å². The Kier molecular flexibility index (Phi) is 5.03. The molecule has 0 saturated carbocycles. The van der Waals surface area contributed by atoms with Gasteiger partial charge in [-0.15, -0.1) is 0 Å². The number of tetrazole rings is 1. The summed E-state index contributed by atoms with van der Waals surface area (Å²) in [7, 11) is 6.90. The fraction of sp³-hybridized carbons (Fsp3) is 0.462. The van der Waals surface area contributed by atoms with Gasteiger partial charge in [0.25, 0.3) is 5.16 Å². The van der Waals surface area contributed by atoms with Crippen LogP contribution in [0, 0.1) is 0 Å². The first-order valence-corrected chi connectivity index (χ1v) is 9.67. The first kappa shape index (κ1) is 16.1. The van der Waals surface area contributed by atoms with Crippen molar-refractivity contribution in [3.63, 3.8) is 0 Å². The van der Waals surface area contributed by atoms with Crippen LogP contribution in [0.15, 0.2) is 22.7 Å². The van der Waals surface area contributed by atoms with E-state index in [1.807, 2.05) is 16.8 Å². The zero-order chi connectivity index (χ0) is 16.2. The summed E-state index contributed by atoms with van der Waals surface area (Å²) in [5.41, 5.74) is 0.715. The van der Waals surface area contributed by atoms with Gasteiger partial charge in [0.1, 0.15) is 0 Å². The summed E-state index contributed by atoms with van der Waals surface area (Å²) in [5, 5.41) is 15.8. The maximum Gasteiger partial charge on any atom is 0.268 e. The van der Waals surface area contributed by atoms with Crippen LogP contribution in [0.2, 0.25) is 0 Å². The van der Waals surface area contributed by atoms with Crippen molar-refractivity contribution in [2.24, 2.45) is 0 Å². The molecule has 0 radical (unpaired) electrons. The minimum absolute atomic E-state index is 0.363. The van der Waals surface area contributed by atoms with Crippen molar-refractivity contribution >= 4 is 31.5 Å². The van der Waals surface area contributed by atoms with Crippen LogP contribution in [-0.4, -0.2) is 62.2 Å². The van der Waals surface area contributed by atoms with E-state index in [4.69, 9.17) is 4.74 Å². The van der Waals surface area contributed by atoms with Crippen molar-refractivity contribution in [3.8, 4) is 5.88 Å². The summed E-state index contributed by atoms with van der Waals surface area (Å²) in [6.07, 6.45) is 0.999. The molecule has 0 spiro atoms. The standard InChI is InChI=1S/C13H18N7OS2/c1-19(2)7-4-8-20-13(15-17-18-20)22-23-9-10-5-6-11(21-3)14-12(10)16-23/h5-6,9H,4,7-8H2,1-3H3/q+1. The van der Waals surface area contributed by atoms with Gasteiger partial charge in [-0.2, -0.15) is 4.98 Å². The predicted octanol–water partition coefficient (Wildman–Crippen LogP) is 1.88. The van der Waals surface area contributed by atoms with E-state index in [2.05, 4.69) is 49.3 Å². The van der Waals surface area contributed by atoms with Gasteiger partial charge in [-0.3, -0.25) is 0 Å². The number of rotatable bonds is 7. The zero-order valence-corrected chi connectivity index (χ0v) is 14.8. The van der Waals surface area contributed by atoms with Gasteiger partial charge in [-0.25, -0.2) is 4.68 Å². The third-order valence-electron chi connectivity index (χ3n) is 3.13. The molecule has 0 aliphatic rings. The van der Waals surface area contributed by atoms with Gasteiger partial charge in [0, 0.05) is 12.6 Å². The lowest BCUT2D eigenvalue weighted by molar-refractivity contribution is 0.373. The van der Waals surface area contributed by atoms with Crippen LogP contribution in [0.4, 0.5) is 0 Å². The van der Waals surface area contributed by atoms with Gasteiger partial charge < -0.3 is 9.64 Å². The van der Waals surface area contributed by atoms with Crippen LogP contribution in [0.1, 0.15) is 6.42 Å². The van der Waals surface area contributed by atoms with Crippen molar-refractivity contribution in [3.05, 3.63) is 17.5 Å². The summed E-state index contributed by atoms with van der Waals surface area (Å²) in [6.45, 7) is 1.80. The van der Waals surface area contributed by atoms with Gasteiger partial charge in [-0.1, -0.05) is 5.10 Å². The minimum atomic E-state index is -0.363. The number of aryl methyl sites for hydroxylation is 1. The number of methoxy groups -OCH3 is 1. The lowest BCUT2D eigenvalue weighted by Gasteiger charge is -2.08. The molecular formula is C13H18N7OS2+. The van der Waals surface area contributed by atoms with Gasteiger partial charge >= 0.3 is 0 Å². The SMILES string of the molecule is COc1ccc2c[s+](Sc3nnnn3CCCN(C)C)nc2n1. The molecule has 10 heteroatoms. The number of hydrogen-bond donors (Lipinski definition) is 0. The Bertz CT molecular complexity index is 786. The lowest BCUT2D eigenvalue weighted by atomic mass is 10.4. The minimum Gasteiger partial charge on any atom is -0.481 e. The van der Waals surface area contributed by atoms with Gasteiger partial charge in [0.2, 0.25) is 22.3 Å². The molecule has 0 fully saturated rings. The number of nitrogens with zero attached hydrogens (tertiary/aromatic N) is 7. The Morgan fingerprint density at radius 3 is 3.00 bits per heavy atom. The molecule has 1 atom stereocenters. The summed E-state index contributed by atoms with van der Waals surface area (Å²) < 4.78 is 11.6. The van der Waals surface area contributed by atoms with E-state index in [0.717, 1.165) is 30.1 Å². The highest BCUT2D eigenvalue weighted by molar-refractivity contribution is 8.44. The van der Waals surface area contributed by atoms with Crippen LogP contribution >= 0.6 is 20.5 Å². The highest BCUT2D eigenvalue weighted by atomic mass is 33.1. The third-order valence-corrected chi connectivity index (χ3v) is 6.02. The monoisotopic (exact) mass is 352 g/mol. The maximum absolute atomic E-state index is 5.13. The molecule has 0 N–H and O–H groups in total. The first-order chi connectivity index (χ1) is 11.2. The average molecular weight is 352 g/mol. The smallest absolute Gasteiger partial charge is 0.268 e. The fourth-order valence-corrected chi connectivity index (χ4v) is 4.88. The molecule has 3 rings (SSSR count). The molecule has 0 aliphatic heterocycles. The first-order valence-electron chi connectivity index (χ1n) is 7.10. The van der Waals surface area contributed by atoms with Crippen molar-refractivity contribution in [1.82, 2.24) is 34.5 Å². The normalized spacial score (nSPS) is 12.3. The molecule has 3 aromatic rings. The predicted molar refractivity (Wildman–Crippen MR) is 90.8 cm³/mol. The van der Waals surface area contributed by atoms with Gasteiger partial charge in [0.05, 0.1) is 12.5 Å². The quantitative estimate of drug-likeness (QED) is 0.471. The van der Waals surface area contributed by atoms with E-state index in [1.165, 1.54) is 0 Å². The van der Waals surface area contributed by atoms with Crippen molar-refractivity contribution in [2.45, 2.75) is 18.1 Å². The Labute approximate surface area is 140 Å². The lowest BCUT2D eigenvalue weighted by Crippen LogP contribution is -2.15.